The first-order valence-electron chi connectivity index (χ1n) is 5.45. The normalized spacial score (nSPS) is 18.1. The van der Waals surface area contributed by atoms with Crippen LogP contribution in [0.4, 0.5) is 0 Å². The van der Waals surface area contributed by atoms with Gasteiger partial charge in [-0.25, -0.2) is 0 Å². The van der Waals surface area contributed by atoms with Crippen molar-refractivity contribution in [2.24, 2.45) is 0 Å². The molecule has 1 aromatic carbocycles. The predicted octanol–water partition coefficient (Wildman–Crippen LogP) is 1.80. The molecule has 86 valence electrons. The van der Waals surface area contributed by atoms with E-state index in [9.17, 15) is 4.79 Å². The molecule has 0 fully saturated rings. The van der Waals surface area contributed by atoms with E-state index in [1.165, 1.54) is 0 Å². The Labute approximate surface area is 103 Å². The van der Waals surface area contributed by atoms with Crippen LogP contribution in [-0.2, 0) is 6.54 Å². The Hall–Kier alpha value is -1.62. The summed E-state index contributed by atoms with van der Waals surface area (Å²) >= 11 is 1.60. The van der Waals surface area contributed by atoms with Crippen LogP contribution in [0.1, 0.15) is 6.92 Å². The van der Waals surface area contributed by atoms with Gasteiger partial charge >= 0.3 is 0 Å². The van der Waals surface area contributed by atoms with Gasteiger partial charge in [-0.1, -0.05) is 49.0 Å². The molecule has 0 spiro atoms. The van der Waals surface area contributed by atoms with Crippen LogP contribution in [-0.4, -0.2) is 20.0 Å². The molecule has 0 amide bonds. The summed E-state index contributed by atoms with van der Waals surface area (Å²) in [6.45, 7) is 2.80. The van der Waals surface area contributed by atoms with E-state index in [1.54, 1.807) is 16.3 Å². The van der Waals surface area contributed by atoms with Gasteiger partial charge in [0.2, 0.25) is 0 Å². The van der Waals surface area contributed by atoms with Crippen molar-refractivity contribution in [2.75, 3.05) is 0 Å². The molecule has 0 bridgehead atoms. The lowest BCUT2D eigenvalue weighted by molar-refractivity contribution is 0.597. The molecule has 0 N–H and O–H groups in total. The van der Waals surface area contributed by atoms with Gasteiger partial charge in [0.25, 0.3) is 5.56 Å². The first-order valence-corrected chi connectivity index (χ1v) is 6.33. The minimum atomic E-state index is -0.0435. The molecule has 1 aliphatic rings. The highest BCUT2D eigenvalue weighted by Crippen LogP contribution is 2.28. The zero-order valence-corrected chi connectivity index (χ0v) is 10.1. The van der Waals surface area contributed by atoms with Crippen LogP contribution >= 0.6 is 11.8 Å². The van der Waals surface area contributed by atoms with Crippen molar-refractivity contribution in [3.05, 3.63) is 40.7 Å². The Kier molecular flexibility index (Phi) is 2.48. The highest BCUT2D eigenvalue weighted by Gasteiger charge is 2.23. The average Bonchev–Trinajstić information content (AvgIpc) is 2.72. The fourth-order valence-corrected chi connectivity index (χ4v) is 2.86. The van der Waals surface area contributed by atoms with Gasteiger partial charge in [0.15, 0.2) is 10.9 Å². The molecule has 1 unspecified atom stereocenters. The number of fused-ring (bicyclic) bond motifs is 1. The van der Waals surface area contributed by atoms with Crippen LogP contribution in [0.3, 0.4) is 0 Å². The monoisotopic (exact) mass is 245 g/mol. The Morgan fingerprint density at radius 3 is 2.82 bits per heavy atom. The second-order valence-corrected chi connectivity index (χ2v) is 5.45. The summed E-state index contributed by atoms with van der Waals surface area (Å²) < 4.78 is 1.71. The number of aromatic nitrogens is 3. The van der Waals surface area contributed by atoms with Gasteiger partial charge in [-0.15, -0.1) is 10.2 Å². The molecule has 1 atom stereocenters. The summed E-state index contributed by atoms with van der Waals surface area (Å²) in [4.78, 5) is 12.3. The standard InChI is InChI=1S/C12H11N3OS/c1-8-7-15-11(16)10(13-14-12(15)17-8)9-5-3-2-4-6-9/h2-6,8H,7H2,1H3. The van der Waals surface area contributed by atoms with Crippen molar-refractivity contribution in [3.8, 4) is 11.3 Å². The van der Waals surface area contributed by atoms with Crippen LogP contribution in [0.25, 0.3) is 11.3 Å². The van der Waals surface area contributed by atoms with E-state index in [2.05, 4.69) is 17.1 Å². The molecular weight excluding hydrogens is 234 g/mol. The van der Waals surface area contributed by atoms with Crippen molar-refractivity contribution in [1.29, 1.82) is 0 Å². The van der Waals surface area contributed by atoms with Crippen LogP contribution in [0.15, 0.2) is 40.3 Å². The topological polar surface area (TPSA) is 47.8 Å². The summed E-state index contributed by atoms with van der Waals surface area (Å²) in [6.07, 6.45) is 0. The molecule has 3 rings (SSSR count). The maximum absolute atomic E-state index is 12.3. The van der Waals surface area contributed by atoms with Crippen LogP contribution in [0.5, 0.6) is 0 Å². The molecule has 2 aromatic rings. The van der Waals surface area contributed by atoms with E-state index in [0.29, 0.717) is 17.5 Å². The third-order valence-corrected chi connectivity index (χ3v) is 3.77. The minimum absolute atomic E-state index is 0.0435. The third-order valence-electron chi connectivity index (χ3n) is 2.71. The van der Waals surface area contributed by atoms with Gasteiger partial charge in [0.05, 0.1) is 0 Å². The molecule has 0 aliphatic carbocycles. The van der Waals surface area contributed by atoms with Crippen molar-refractivity contribution in [2.45, 2.75) is 23.9 Å². The van der Waals surface area contributed by atoms with Gasteiger partial charge < -0.3 is 0 Å². The lowest BCUT2D eigenvalue weighted by atomic mass is 10.2. The van der Waals surface area contributed by atoms with Crippen molar-refractivity contribution < 1.29 is 0 Å². The first kappa shape index (κ1) is 10.5. The highest BCUT2D eigenvalue weighted by molar-refractivity contribution is 7.99. The largest absolute Gasteiger partial charge is 0.283 e. The summed E-state index contributed by atoms with van der Waals surface area (Å²) in [7, 11) is 0. The van der Waals surface area contributed by atoms with Crippen LogP contribution in [0.2, 0.25) is 0 Å². The molecule has 0 radical (unpaired) electrons. The molecule has 5 heteroatoms. The smallest absolute Gasteiger partial charge is 0.281 e. The highest BCUT2D eigenvalue weighted by atomic mass is 32.2. The summed E-state index contributed by atoms with van der Waals surface area (Å²) in [5.74, 6) is 0. The quantitative estimate of drug-likeness (QED) is 0.768. The van der Waals surface area contributed by atoms with Gasteiger partial charge in [-0.2, -0.15) is 0 Å². The van der Waals surface area contributed by atoms with Crippen molar-refractivity contribution in [1.82, 2.24) is 14.8 Å². The fourth-order valence-electron chi connectivity index (χ4n) is 1.90. The zero-order chi connectivity index (χ0) is 11.8. The summed E-state index contributed by atoms with van der Waals surface area (Å²) in [5, 5.41) is 9.29. The third kappa shape index (κ3) is 1.76. The molecule has 2 heterocycles. The van der Waals surface area contributed by atoms with Gasteiger partial charge in [-0.05, 0) is 0 Å². The van der Waals surface area contributed by atoms with Crippen LogP contribution in [0, 0.1) is 0 Å². The molecule has 1 aliphatic heterocycles. The lowest BCUT2D eigenvalue weighted by Crippen LogP contribution is -2.24. The molecule has 1 aromatic heterocycles. The van der Waals surface area contributed by atoms with Gasteiger partial charge in [0.1, 0.15) is 0 Å². The fraction of sp³-hybridized carbons (Fsp3) is 0.250. The van der Waals surface area contributed by atoms with E-state index in [1.807, 2.05) is 30.3 Å². The van der Waals surface area contributed by atoms with E-state index < -0.39 is 0 Å². The molecule has 4 nitrogen and oxygen atoms in total. The maximum Gasteiger partial charge on any atom is 0.281 e. The van der Waals surface area contributed by atoms with E-state index in [-0.39, 0.29) is 5.56 Å². The molecule has 0 saturated heterocycles. The van der Waals surface area contributed by atoms with Crippen LogP contribution < -0.4 is 5.56 Å². The Morgan fingerprint density at radius 2 is 2.06 bits per heavy atom. The first-order chi connectivity index (χ1) is 8.25. The van der Waals surface area contributed by atoms with Crippen molar-refractivity contribution >= 4 is 11.8 Å². The Bertz CT molecular complexity index is 609. The van der Waals surface area contributed by atoms with E-state index in [0.717, 1.165) is 10.7 Å². The summed E-state index contributed by atoms with van der Waals surface area (Å²) in [5.41, 5.74) is 1.21. The van der Waals surface area contributed by atoms with Gasteiger partial charge in [0, 0.05) is 17.4 Å². The predicted molar refractivity (Wildman–Crippen MR) is 67.0 cm³/mol. The molecular formula is C12H11N3OS. The summed E-state index contributed by atoms with van der Waals surface area (Å²) in [6, 6.07) is 9.46. The number of thioether (sulfide) groups is 1. The second-order valence-electron chi connectivity index (χ2n) is 4.04. The second kappa shape index (κ2) is 4.00. The van der Waals surface area contributed by atoms with E-state index in [4.69, 9.17) is 0 Å². The molecule has 17 heavy (non-hydrogen) atoms. The molecule has 0 saturated carbocycles. The number of hydrogen-bond donors (Lipinski definition) is 0. The zero-order valence-electron chi connectivity index (χ0n) is 9.33. The van der Waals surface area contributed by atoms with E-state index >= 15 is 0 Å². The maximum atomic E-state index is 12.3. The number of hydrogen-bond acceptors (Lipinski definition) is 4. The lowest BCUT2D eigenvalue weighted by Gasteiger charge is -2.03. The number of benzene rings is 1. The number of rotatable bonds is 1. The van der Waals surface area contributed by atoms with Crippen molar-refractivity contribution in [3.63, 3.8) is 0 Å². The minimum Gasteiger partial charge on any atom is -0.283 e. The average molecular weight is 245 g/mol. The Morgan fingerprint density at radius 1 is 1.29 bits per heavy atom. The van der Waals surface area contributed by atoms with Gasteiger partial charge in [-0.3, -0.25) is 9.36 Å². The number of nitrogens with zero attached hydrogens (tertiary/aromatic N) is 3. The Balaban J connectivity index is 2.16. The SMILES string of the molecule is CC1Cn2c(nnc(-c3ccccc3)c2=O)S1.